The quantitative estimate of drug-likeness (QED) is 0.852. The topological polar surface area (TPSA) is 24.5 Å². The molecule has 1 aromatic rings. The molecule has 0 aliphatic carbocycles. The van der Waals surface area contributed by atoms with E-state index in [9.17, 15) is 0 Å². The lowest BCUT2D eigenvalue weighted by atomic mass is 9.99. The minimum Gasteiger partial charge on any atom is -0.383 e. The van der Waals surface area contributed by atoms with Crippen molar-refractivity contribution in [2.24, 2.45) is 0 Å². The highest BCUT2D eigenvalue weighted by molar-refractivity contribution is 5.56. The third-order valence-corrected chi connectivity index (χ3v) is 3.75. The molecular weight excluding hydrogens is 236 g/mol. The van der Waals surface area contributed by atoms with Crippen molar-refractivity contribution in [1.82, 2.24) is 5.32 Å². The van der Waals surface area contributed by atoms with Gasteiger partial charge in [0.25, 0.3) is 0 Å². The Morgan fingerprint density at radius 1 is 1.42 bits per heavy atom. The number of anilines is 1. The predicted octanol–water partition coefficient (Wildman–Crippen LogP) is 2.37. The molecule has 1 aliphatic rings. The van der Waals surface area contributed by atoms with Crippen LogP contribution < -0.4 is 10.2 Å². The van der Waals surface area contributed by atoms with Gasteiger partial charge in [0.2, 0.25) is 0 Å². The van der Waals surface area contributed by atoms with Crippen molar-refractivity contribution in [2.45, 2.75) is 32.7 Å². The molecule has 0 amide bonds. The summed E-state index contributed by atoms with van der Waals surface area (Å²) in [5, 5.41) is 3.51. The van der Waals surface area contributed by atoms with Gasteiger partial charge in [-0.2, -0.15) is 0 Å². The lowest BCUT2D eigenvalue weighted by Crippen LogP contribution is -2.45. The molecule has 19 heavy (non-hydrogen) atoms. The van der Waals surface area contributed by atoms with Crippen LogP contribution in [-0.4, -0.2) is 39.4 Å². The molecule has 106 valence electrons. The lowest BCUT2D eigenvalue weighted by Gasteiger charge is -2.34. The van der Waals surface area contributed by atoms with Crippen molar-refractivity contribution in [2.75, 3.05) is 38.3 Å². The summed E-state index contributed by atoms with van der Waals surface area (Å²) in [7, 11) is 1.78. The standard InChI is InChI=1S/C16H26N2O/c1-4-17-15(12-19-3)11-18-9-5-6-14-10-13(2)7-8-16(14)18/h7-8,10,15,17H,4-6,9,11-12H2,1-3H3. The fraction of sp³-hybridized carbons (Fsp3) is 0.625. The number of methoxy groups -OCH3 is 1. The van der Waals surface area contributed by atoms with Gasteiger partial charge in [-0.3, -0.25) is 0 Å². The van der Waals surface area contributed by atoms with Gasteiger partial charge in [0.1, 0.15) is 0 Å². The van der Waals surface area contributed by atoms with Crippen LogP contribution in [0.15, 0.2) is 18.2 Å². The van der Waals surface area contributed by atoms with Crippen molar-refractivity contribution in [1.29, 1.82) is 0 Å². The van der Waals surface area contributed by atoms with Crippen molar-refractivity contribution in [3.05, 3.63) is 29.3 Å². The van der Waals surface area contributed by atoms with E-state index in [1.807, 2.05) is 0 Å². The van der Waals surface area contributed by atoms with Gasteiger partial charge in [0, 0.05) is 31.9 Å². The van der Waals surface area contributed by atoms with Gasteiger partial charge in [-0.1, -0.05) is 24.6 Å². The highest BCUT2D eigenvalue weighted by Crippen LogP contribution is 2.27. The van der Waals surface area contributed by atoms with Crippen LogP contribution in [0.25, 0.3) is 0 Å². The SMILES string of the molecule is CCNC(COC)CN1CCCc2cc(C)ccc21. The van der Waals surface area contributed by atoms with Crippen molar-refractivity contribution < 1.29 is 4.74 Å². The first-order valence-corrected chi connectivity index (χ1v) is 7.31. The van der Waals surface area contributed by atoms with Crippen LogP contribution >= 0.6 is 0 Å². The Morgan fingerprint density at radius 2 is 2.26 bits per heavy atom. The first-order valence-electron chi connectivity index (χ1n) is 7.31. The number of nitrogens with zero attached hydrogens (tertiary/aromatic N) is 1. The summed E-state index contributed by atoms with van der Waals surface area (Å²) in [6, 6.07) is 7.23. The summed E-state index contributed by atoms with van der Waals surface area (Å²) in [5.41, 5.74) is 4.27. The molecule has 2 rings (SSSR count). The first-order chi connectivity index (χ1) is 9.24. The van der Waals surface area contributed by atoms with E-state index in [1.54, 1.807) is 7.11 Å². The summed E-state index contributed by atoms with van der Waals surface area (Å²) in [5.74, 6) is 0. The van der Waals surface area contributed by atoms with Gasteiger partial charge < -0.3 is 15.0 Å². The number of nitrogens with one attached hydrogen (secondary N) is 1. The van der Waals surface area contributed by atoms with Crippen LogP contribution in [0.3, 0.4) is 0 Å². The van der Waals surface area contributed by atoms with E-state index in [0.717, 1.165) is 26.2 Å². The second-order valence-electron chi connectivity index (χ2n) is 5.39. The number of hydrogen-bond acceptors (Lipinski definition) is 3. The zero-order valence-electron chi connectivity index (χ0n) is 12.4. The Balaban J connectivity index is 2.09. The number of likely N-dealkylation sites (N-methyl/N-ethyl adjacent to an activating group) is 1. The molecule has 1 atom stereocenters. The summed E-state index contributed by atoms with van der Waals surface area (Å²) < 4.78 is 5.32. The molecule has 0 spiro atoms. The molecule has 0 aromatic heterocycles. The zero-order valence-corrected chi connectivity index (χ0v) is 12.4. The molecule has 1 aliphatic heterocycles. The van der Waals surface area contributed by atoms with E-state index in [4.69, 9.17) is 4.74 Å². The van der Waals surface area contributed by atoms with E-state index >= 15 is 0 Å². The average Bonchev–Trinajstić information content (AvgIpc) is 2.39. The van der Waals surface area contributed by atoms with E-state index < -0.39 is 0 Å². The van der Waals surface area contributed by atoms with Crippen molar-refractivity contribution in [3.63, 3.8) is 0 Å². The number of hydrogen-bond donors (Lipinski definition) is 1. The zero-order chi connectivity index (χ0) is 13.7. The Kier molecular flexibility index (Phi) is 5.23. The fourth-order valence-corrected chi connectivity index (χ4v) is 2.93. The second-order valence-corrected chi connectivity index (χ2v) is 5.39. The smallest absolute Gasteiger partial charge is 0.0633 e. The van der Waals surface area contributed by atoms with Crippen LogP contribution in [0.4, 0.5) is 5.69 Å². The average molecular weight is 262 g/mol. The Morgan fingerprint density at radius 3 is 3.00 bits per heavy atom. The summed E-state index contributed by atoms with van der Waals surface area (Å²) in [6.07, 6.45) is 2.46. The van der Waals surface area contributed by atoms with Crippen molar-refractivity contribution in [3.8, 4) is 0 Å². The van der Waals surface area contributed by atoms with Crippen LogP contribution in [0.5, 0.6) is 0 Å². The highest BCUT2D eigenvalue weighted by Gasteiger charge is 2.19. The second kappa shape index (κ2) is 6.92. The molecule has 0 fully saturated rings. The minimum atomic E-state index is 0.405. The molecular formula is C16H26N2O. The van der Waals surface area contributed by atoms with E-state index in [1.165, 1.54) is 29.7 Å². The predicted molar refractivity (Wildman–Crippen MR) is 81.1 cm³/mol. The van der Waals surface area contributed by atoms with Gasteiger partial charge in [0.05, 0.1) is 6.61 Å². The van der Waals surface area contributed by atoms with Crippen molar-refractivity contribution >= 4 is 5.69 Å². The Hall–Kier alpha value is -1.06. The molecule has 1 unspecified atom stereocenters. The molecule has 0 saturated carbocycles. The molecule has 1 heterocycles. The van der Waals surface area contributed by atoms with Gasteiger partial charge in [-0.25, -0.2) is 0 Å². The largest absolute Gasteiger partial charge is 0.383 e. The summed E-state index contributed by atoms with van der Waals surface area (Å²) in [6.45, 7) is 8.26. The van der Waals surface area contributed by atoms with E-state index in [2.05, 4.69) is 42.3 Å². The molecule has 1 N–H and O–H groups in total. The maximum Gasteiger partial charge on any atom is 0.0633 e. The van der Waals surface area contributed by atoms with Gasteiger partial charge in [0.15, 0.2) is 0 Å². The van der Waals surface area contributed by atoms with Gasteiger partial charge in [-0.15, -0.1) is 0 Å². The highest BCUT2D eigenvalue weighted by atomic mass is 16.5. The molecule has 0 radical (unpaired) electrons. The van der Waals surface area contributed by atoms with Gasteiger partial charge >= 0.3 is 0 Å². The van der Waals surface area contributed by atoms with E-state index in [-0.39, 0.29) is 0 Å². The summed E-state index contributed by atoms with van der Waals surface area (Å²) in [4.78, 5) is 2.50. The molecule has 0 saturated heterocycles. The lowest BCUT2D eigenvalue weighted by molar-refractivity contribution is 0.168. The maximum absolute atomic E-state index is 5.32. The van der Waals surface area contributed by atoms with Crippen LogP contribution in [0.2, 0.25) is 0 Å². The normalized spacial score (nSPS) is 16.3. The third kappa shape index (κ3) is 3.71. The monoisotopic (exact) mass is 262 g/mol. The van der Waals surface area contributed by atoms with Crippen LogP contribution in [-0.2, 0) is 11.2 Å². The number of rotatable bonds is 6. The maximum atomic E-state index is 5.32. The molecule has 1 aromatic carbocycles. The molecule has 3 nitrogen and oxygen atoms in total. The number of ether oxygens (including phenoxy) is 1. The van der Waals surface area contributed by atoms with Crippen LogP contribution in [0.1, 0.15) is 24.5 Å². The first kappa shape index (κ1) is 14.4. The third-order valence-electron chi connectivity index (χ3n) is 3.75. The number of aryl methyl sites for hydroxylation is 2. The Bertz CT molecular complexity index is 400. The number of benzene rings is 1. The molecule has 0 bridgehead atoms. The van der Waals surface area contributed by atoms with E-state index in [0.29, 0.717) is 6.04 Å². The fourth-order valence-electron chi connectivity index (χ4n) is 2.93. The Labute approximate surface area is 116 Å². The summed E-state index contributed by atoms with van der Waals surface area (Å²) >= 11 is 0. The molecule has 3 heteroatoms. The number of fused-ring (bicyclic) bond motifs is 1. The minimum absolute atomic E-state index is 0.405. The van der Waals surface area contributed by atoms with Gasteiger partial charge in [-0.05, 0) is 37.9 Å². The van der Waals surface area contributed by atoms with Crippen LogP contribution in [0, 0.1) is 6.92 Å².